The molecule has 0 spiro atoms. The van der Waals surface area contributed by atoms with Gasteiger partial charge in [0, 0.05) is 92.9 Å². The van der Waals surface area contributed by atoms with E-state index >= 15 is 0 Å². The standard InChI is InChI=1S/C18H26O5.C17H24O5.C16H22O7.C16H22O6/c1-12(2)14(20)22-5-13(19)23-18-9-15(3)6-16(4,10-18)8-17(21,7-15)11-18;1-11(2)14(19)21-7-13(18)22-17-6-12-4-15(3,9-17)8-16(20,5-12)10-17;1-10(2)12(18)22-3-11(17)23-16-7-13(19)4-14(20,8-16)6-15(21,5-13)9-16;1-10(2)13(18)21-6-12(17)22-16-5-11-3-14(19,8-16)7-15(20,4-11)9-16/h21H,1,5-11H2,2-4H3;12,20H,1,4-10H2,2-3H3;19-21H,1,3-9H2,2H3;11,19-20H,1,3-9H2,2H3. The lowest BCUT2D eigenvalue weighted by molar-refractivity contribution is -0.301. The maximum Gasteiger partial charge on any atom is 0.344 e. The molecule has 8 unspecified atom stereocenters. The lowest BCUT2D eigenvalue weighted by Gasteiger charge is -2.67. The van der Waals surface area contributed by atoms with Crippen LogP contribution in [0.4, 0.5) is 0 Å². The fourth-order valence-corrected chi connectivity index (χ4v) is 21.4. The van der Waals surface area contributed by atoms with E-state index in [0.29, 0.717) is 57.3 Å². The Balaban J connectivity index is 0.000000142. The summed E-state index contributed by atoms with van der Waals surface area (Å²) in [4.78, 5) is 93.5. The van der Waals surface area contributed by atoms with Gasteiger partial charge in [-0.2, -0.15) is 0 Å². The van der Waals surface area contributed by atoms with Crippen molar-refractivity contribution in [3.8, 4) is 0 Å². The molecule has 0 aliphatic heterocycles. The minimum absolute atomic E-state index is 0.00686. The van der Waals surface area contributed by atoms with Crippen LogP contribution in [0.5, 0.6) is 0 Å². The summed E-state index contributed by atoms with van der Waals surface area (Å²) in [6.45, 7) is 24.5. The number of aliphatic hydroxyl groups is 7. The molecule has 500 valence electrons. The number of carbonyl (C=O) groups is 8. The minimum atomic E-state index is -1.24. The Hall–Kier alpha value is -5.56. The lowest BCUT2D eigenvalue weighted by atomic mass is 9.42. The molecule has 0 aromatic carbocycles. The van der Waals surface area contributed by atoms with Gasteiger partial charge in [0.1, 0.15) is 22.4 Å². The number of ether oxygens (including phenoxy) is 8. The predicted octanol–water partition coefficient (Wildman–Crippen LogP) is 5.45. The van der Waals surface area contributed by atoms with Crippen molar-refractivity contribution in [3.63, 3.8) is 0 Å². The predicted molar refractivity (Wildman–Crippen MR) is 315 cm³/mol. The molecule has 0 heterocycles. The Labute approximate surface area is 525 Å². The number of hydrogen-bond acceptors (Lipinski definition) is 23. The first-order valence-electron chi connectivity index (χ1n) is 31.4. The van der Waals surface area contributed by atoms with Crippen molar-refractivity contribution in [3.05, 3.63) is 48.6 Å². The molecule has 16 aliphatic carbocycles. The molecule has 16 bridgehead atoms. The molecule has 23 heteroatoms. The van der Waals surface area contributed by atoms with E-state index in [0.717, 1.165) is 64.2 Å². The minimum Gasteiger partial charge on any atom is -0.456 e. The van der Waals surface area contributed by atoms with Gasteiger partial charge in [-0.05, 0) is 139 Å². The molecule has 0 aromatic heterocycles. The summed E-state index contributed by atoms with van der Waals surface area (Å²) in [6.07, 6.45) is 13.5. The summed E-state index contributed by atoms with van der Waals surface area (Å²) in [5.74, 6) is -4.43. The van der Waals surface area contributed by atoms with Gasteiger partial charge in [-0.25, -0.2) is 38.4 Å². The van der Waals surface area contributed by atoms with Crippen molar-refractivity contribution in [1.29, 1.82) is 0 Å². The molecule has 23 nitrogen and oxygen atoms in total. The van der Waals surface area contributed by atoms with E-state index in [4.69, 9.17) is 37.9 Å². The van der Waals surface area contributed by atoms with Gasteiger partial charge in [0.15, 0.2) is 26.4 Å². The molecule has 16 aliphatic rings. The smallest absolute Gasteiger partial charge is 0.344 e. The highest BCUT2D eigenvalue weighted by Crippen LogP contribution is 2.69. The second-order valence-corrected chi connectivity index (χ2v) is 32.2. The van der Waals surface area contributed by atoms with Crippen LogP contribution in [-0.4, -0.2) is 172 Å². The second kappa shape index (κ2) is 23.2. The van der Waals surface area contributed by atoms with Crippen LogP contribution in [0.25, 0.3) is 0 Å². The van der Waals surface area contributed by atoms with E-state index < -0.39 is 136 Å². The van der Waals surface area contributed by atoms with Crippen LogP contribution in [0, 0.1) is 28.1 Å². The van der Waals surface area contributed by atoms with Crippen LogP contribution in [-0.2, 0) is 76.3 Å². The van der Waals surface area contributed by atoms with E-state index in [2.05, 4.69) is 47.1 Å². The van der Waals surface area contributed by atoms with Gasteiger partial charge < -0.3 is 73.6 Å². The first kappa shape index (κ1) is 68.8. The average Bonchev–Trinajstić information content (AvgIpc) is 0.717. The molecule has 0 radical (unpaired) electrons. The van der Waals surface area contributed by atoms with E-state index in [-0.39, 0.29) is 83.0 Å². The molecule has 16 rings (SSSR count). The van der Waals surface area contributed by atoms with Crippen molar-refractivity contribution in [2.75, 3.05) is 26.4 Å². The van der Waals surface area contributed by atoms with Crippen LogP contribution in [0.2, 0.25) is 0 Å². The van der Waals surface area contributed by atoms with Gasteiger partial charge in [-0.15, -0.1) is 0 Å². The van der Waals surface area contributed by atoms with Crippen LogP contribution < -0.4 is 0 Å². The lowest BCUT2D eigenvalue weighted by Crippen LogP contribution is -2.72. The Morgan fingerprint density at radius 3 is 0.822 bits per heavy atom. The van der Waals surface area contributed by atoms with Crippen LogP contribution in [0.3, 0.4) is 0 Å². The Bertz CT molecular complexity index is 2690. The van der Waals surface area contributed by atoms with E-state index in [1.54, 1.807) is 0 Å². The highest BCUT2D eigenvalue weighted by Gasteiger charge is 2.71. The fraction of sp³-hybridized carbons (Fsp3) is 0.761. The summed E-state index contributed by atoms with van der Waals surface area (Å²) in [6, 6.07) is 0. The topological polar surface area (TPSA) is 352 Å². The third-order valence-electron chi connectivity index (χ3n) is 20.7. The van der Waals surface area contributed by atoms with Gasteiger partial charge in [-0.1, -0.05) is 47.1 Å². The number of rotatable bonds is 16. The zero-order chi connectivity index (χ0) is 66.5. The Morgan fingerprint density at radius 1 is 0.300 bits per heavy atom. The Morgan fingerprint density at radius 2 is 0.533 bits per heavy atom. The van der Waals surface area contributed by atoms with Crippen molar-refractivity contribution in [2.24, 2.45) is 28.1 Å². The summed E-state index contributed by atoms with van der Waals surface area (Å²) in [7, 11) is 0. The van der Waals surface area contributed by atoms with E-state index in [1.807, 2.05) is 0 Å². The first-order chi connectivity index (χ1) is 41.2. The van der Waals surface area contributed by atoms with Gasteiger partial charge >= 0.3 is 47.8 Å². The zero-order valence-corrected chi connectivity index (χ0v) is 53.4. The van der Waals surface area contributed by atoms with Gasteiger partial charge in [-0.3, -0.25) is 0 Å². The molecule has 8 atom stereocenters. The van der Waals surface area contributed by atoms with Crippen molar-refractivity contribution >= 4 is 47.8 Å². The van der Waals surface area contributed by atoms with Crippen molar-refractivity contribution in [2.45, 2.75) is 264 Å². The van der Waals surface area contributed by atoms with Crippen molar-refractivity contribution in [1.82, 2.24) is 0 Å². The zero-order valence-electron chi connectivity index (χ0n) is 53.4. The number of esters is 8. The van der Waals surface area contributed by atoms with Crippen molar-refractivity contribution < 1.29 is 112 Å². The third-order valence-corrected chi connectivity index (χ3v) is 20.7. The number of carbonyl (C=O) groups excluding carboxylic acids is 8. The molecule has 16 fully saturated rings. The monoisotopic (exact) mass is 1270 g/mol. The van der Waals surface area contributed by atoms with Gasteiger partial charge in [0.05, 0.1) is 39.2 Å². The van der Waals surface area contributed by atoms with Crippen LogP contribution >= 0.6 is 0 Å². The average molecular weight is 1270 g/mol. The summed E-state index contributed by atoms with van der Waals surface area (Å²) in [5, 5.41) is 74.6. The summed E-state index contributed by atoms with van der Waals surface area (Å²) < 4.78 is 41.8. The van der Waals surface area contributed by atoms with Crippen LogP contribution in [0.1, 0.15) is 203 Å². The molecule has 0 amide bonds. The quantitative estimate of drug-likeness (QED) is 0.0574. The largest absolute Gasteiger partial charge is 0.456 e. The highest BCUT2D eigenvalue weighted by atomic mass is 16.6. The molecule has 90 heavy (non-hydrogen) atoms. The summed E-state index contributed by atoms with van der Waals surface area (Å²) in [5.41, 5.74) is -9.32. The second-order valence-electron chi connectivity index (χ2n) is 32.2. The molecule has 16 saturated carbocycles. The Kier molecular flexibility index (Phi) is 17.7. The molecule has 7 N–H and O–H groups in total. The van der Waals surface area contributed by atoms with E-state index in [9.17, 15) is 74.1 Å². The van der Waals surface area contributed by atoms with Gasteiger partial charge in [0.2, 0.25) is 0 Å². The normalized spacial score (nSPS) is 43.0. The van der Waals surface area contributed by atoms with Gasteiger partial charge in [0.25, 0.3) is 0 Å². The van der Waals surface area contributed by atoms with E-state index in [1.165, 1.54) is 27.7 Å². The maximum atomic E-state index is 12.2. The molecular weight excluding hydrogens is 1170 g/mol. The first-order valence-corrected chi connectivity index (χ1v) is 31.4. The molecule has 0 saturated heterocycles. The fourth-order valence-electron chi connectivity index (χ4n) is 21.4. The highest BCUT2D eigenvalue weighted by molar-refractivity contribution is 5.90. The third kappa shape index (κ3) is 15.4. The summed E-state index contributed by atoms with van der Waals surface area (Å²) >= 11 is 0. The molecular formula is C67H94O23. The maximum absolute atomic E-state index is 12.2. The molecule has 0 aromatic rings. The SMILES string of the molecule is C=C(C)C(=O)OCC(=O)OC12CC3(C)CC(C)(CC(O)(C3)C1)C2.C=C(C)C(=O)OCC(=O)OC12CC3(O)CC(O)(CC(O)(C3)C1)C2.C=C(C)C(=O)OCC(=O)OC12CC3CC(C)(CC(O)(C3)C1)C2.C=C(C)C(=O)OCC(=O)OC12CC3CC(O)(CC(O)(C3)C1)C2. The number of hydrogen-bond donors (Lipinski definition) is 7. The van der Waals surface area contributed by atoms with Crippen LogP contribution in [0.15, 0.2) is 48.6 Å².